The summed E-state index contributed by atoms with van der Waals surface area (Å²) in [5, 5.41) is 0. The molecular formula is C16H26N2. The third-order valence-corrected chi connectivity index (χ3v) is 3.92. The SMILES string of the molecule is NCC(Cc1ccccc1)CN1CCCCCC1. The third kappa shape index (κ3) is 4.43. The molecule has 1 unspecified atom stereocenters. The summed E-state index contributed by atoms with van der Waals surface area (Å²) in [5.74, 6) is 0.602. The second kappa shape index (κ2) is 7.55. The van der Waals surface area contributed by atoms with E-state index in [1.54, 1.807) is 0 Å². The Hall–Kier alpha value is -0.860. The van der Waals surface area contributed by atoms with Crippen molar-refractivity contribution in [3.05, 3.63) is 35.9 Å². The zero-order valence-electron chi connectivity index (χ0n) is 11.4. The van der Waals surface area contributed by atoms with Gasteiger partial charge in [0.05, 0.1) is 0 Å². The van der Waals surface area contributed by atoms with Crippen LogP contribution in [0.4, 0.5) is 0 Å². The molecule has 1 aromatic rings. The zero-order chi connectivity index (χ0) is 12.6. The highest BCUT2D eigenvalue weighted by atomic mass is 15.1. The summed E-state index contributed by atoms with van der Waals surface area (Å²) in [7, 11) is 0. The third-order valence-electron chi connectivity index (χ3n) is 3.92. The fourth-order valence-electron chi connectivity index (χ4n) is 2.85. The molecule has 1 atom stereocenters. The van der Waals surface area contributed by atoms with Gasteiger partial charge in [0, 0.05) is 6.54 Å². The molecule has 2 rings (SSSR count). The van der Waals surface area contributed by atoms with Gasteiger partial charge in [-0.15, -0.1) is 0 Å². The smallest absolute Gasteiger partial charge is 0.00249 e. The van der Waals surface area contributed by atoms with Crippen molar-refractivity contribution in [2.75, 3.05) is 26.2 Å². The largest absolute Gasteiger partial charge is 0.330 e. The number of likely N-dealkylation sites (tertiary alicyclic amines) is 1. The van der Waals surface area contributed by atoms with Gasteiger partial charge >= 0.3 is 0 Å². The maximum Gasteiger partial charge on any atom is 0.00249 e. The van der Waals surface area contributed by atoms with E-state index < -0.39 is 0 Å². The predicted octanol–water partition coefficient (Wildman–Crippen LogP) is 2.68. The summed E-state index contributed by atoms with van der Waals surface area (Å²) in [6, 6.07) is 10.7. The van der Waals surface area contributed by atoms with Crippen molar-refractivity contribution >= 4 is 0 Å². The lowest BCUT2D eigenvalue weighted by Crippen LogP contribution is -2.34. The molecule has 2 heteroatoms. The Morgan fingerprint density at radius 1 is 1.00 bits per heavy atom. The van der Waals surface area contributed by atoms with Crippen LogP contribution in [0.25, 0.3) is 0 Å². The van der Waals surface area contributed by atoms with E-state index >= 15 is 0 Å². The summed E-state index contributed by atoms with van der Waals surface area (Å²) < 4.78 is 0. The van der Waals surface area contributed by atoms with Crippen LogP contribution in [0.3, 0.4) is 0 Å². The number of hydrogen-bond acceptors (Lipinski definition) is 2. The van der Waals surface area contributed by atoms with Crippen molar-refractivity contribution in [2.24, 2.45) is 11.7 Å². The first-order valence-electron chi connectivity index (χ1n) is 7.35. The molecule has 1 aliphatic rings. The van der Waals surface area contributed by atoms with Crippen LogP contribution in [0.5, 0.6) is 0 Å². The summed E-state index contributed by atoms with van der Waals surface area (Å²) in [5.41, 5.74) is 7.37. The molecule has 0 bridgehead atoms. The molecule has 0 spiro atoms. The Morgan fingerprint density at radius 2 is 1.67 bits per heavy atom. The first kappa shape index (κ1) is 13.6. The van der Waals surface area contributed by atoms with E-state index in [9.17, 15) is 0 Å². The van der Waals surface area contributed by atoms with Crippen LogP contribution < -0.4 is 5.73 Å². The molecule has 0 aliphatic carbocycles. The first-order chi connectivity index (χ1) is 8.88. The van der Waals surface area contributed by atoms with Gasteiger partial charge in [-0.05, 0) is 50.4 Å². The molecule has 0 aromatic heterocycles. The second-order valence-corrected chi connectivity index (χ2v) is 5.51. The van der Waals surface area contributed by atoms with E-state index in [0.29, 0.717) is 5.92 Å². The maximum absolute atomic E-state index is 5.95. The highest BCUT2D eigenvalue weighted by Gasteiger charge is 2.15. The summed E-state index contributed by atoms with van der Waals surface area (Å²) in [6.07, 6.45) is 6.66. The van der Waals surface area contributed by atoms with E-state index in [0.717, 1.165) is 13.0 Å². The minimum absolute atomic E-state index is 0.602. The summed E-state index contributed by atoms with van der Waals surface area (Å²) in [4.78, 5) is 2.62. The Balaban J connectivity index is 1.84. The molecule has 1 fully saturated rings. The molecule has 18 heavy (non-hydrogen) atoms. The molecular weight excluding hydrogens is 220 g/mol. The monoisotopic (exact) mass is 246 g/mol. The van der Waals surface area contributed by atoms with Crippen molar-refractivity contribution in [1.29, 1.82) is 0 Å². The maximum atomic E-state index is 5.95. The Kier molecular flexibility index (Phi) is 5.69. The molecule has 2 N–H and O–H groups in total. The molecule has 0 radical (unpaired) electrons. The van der Waals surface area contributed by atoms with Gasteiger partial charge in [-0.3, -0.25) is 0 Å². The van der Waals surface area contributed by atoms with Gasteiger partial charge < -0.3 is 10.6 Å². The van der Waals surface area contributed by atoms with Crippen LogP contribution in [-0.4, -0.2) is 31.1 Å². The highest BCUT2D eigenvalue weighted by Crippen LogP contribution is 2.14. The van der Waals surface area contributed by atoms with Gasteiger partial charge in [-0.25, -0.2) is 0 Å². The second-order valence-electron chi connectivity index (χ2n) is 5.51. The normalized spacial score (nSPS) is 19.4. The van der Waals surface area contributed by atoms with Crippen molar-refractivity contribution in [3.63, 3.8) is 0 Å². The fourth-order valence-corrected chi connectivity index (χ4v) is 2.85. The van der Waals surface area contributed by atoms with Crippen molar-refractivity contribution in [3.8, 4) is 0 Å². The molecule has 1 aliphatic heterocycles. The van der Waals surface area contributed by atoms with Crippen LogP contribution >= 0.6 is 0 Å². The predicted molar refractivity (Wildman–Crippen MR) is 77.6 cm³/mol. The molecule has 0 amide bonds. The average Bonchev–Trinajstić information content (AvgIpc) is 2.68. The van der Waals surface area contributed by atoms with Gasteiger partial charge in [0.15, 0.2) is 0 Å². The molecule has 0 saturated carbocycles. The van der Waals surface area contributed by atoms with Gasteiger partial charge in [0.2, 0.25) is 0 Å². The topological polar surface area (TPSA) is 29.3 Å². The standard InChI is InChI=1S/C16H26N2/c17-13-16(12-15-8-4-3-5-9-15)14-18-10-6-1-2-7-11-18/h3-5,8-9,16H,1-2,6-7,10-14,17H2. The van der Waals surface area contributed by atoms with Crippen LogP contribution in [0.15, 0.2) is 30.3 Å². The first-order valence-corrected chi connectivity index (χ1v) is 7.35. The summed E-state index contributed by atoms with van der Waals surface area (Å²) >= 11 is 0. The quantitative estimate of drug-likeness (QED) is 0.865. The Morgan fingerprint density at radius 3 is 2.28 bits per heavy atom. The molecule has 100 valence electrons. The van der Waals surface area contributed by atoms with Gasteiger partial charge in [0.1, 0.15) is 0 Å². The minimum Gasteiger partial charge on any atom is -0.330 e. The van der Waals surface area contributed by atoms with E-state index in [1.165, 1.54) is 50.9 Å². The molecule has 1 saturated heterocycles. The van der Waals surface area contributed by atoms with Crippen molar-refractivity contribution in [2.45, 2.75) is 32.1 Å². The van der Waals surface area contributed by atoms with E-state index in [-0.39, 0.29) is 0 Å². The van der Waals surface area contributed by atoms with Crippen LogP contribution in [0.2, 0.25) is 0 Å². The lowest BCUT2D eigenvalue weighted by atomic mass is 9.99. The number of benzene rings is 1. The number of nitrogens with zero attached hydrogens (tertiary/aromatic N) is 1. The highest BCUT2D eigenvalue weighted by molar-refractivity contribution is 5.15. The van der Waals surface area contributed by atoms with Crippen molar-refractivity contribution in [1.82, 2.24) is 4.90 Å². The van der Waals surface area contributed by atoms with Crippen LogP contribution in [0.1, 0.15) is 31.2 Å². The fraction of sp³-hybridized carbons (Fsp3) is 0.625. The number of rotatable bonds is 5. The van der Waals surface area contributed by atoms with Crippen LogP contribution in [0, 0.1) is 5.92 Å². The molecule has 2 nitrogen and oxygen atoms in total. The average molecular weight is 246 g/mol. The Labute approximate surface area is 111 Å². The minimum atomic E-state index is 0.602. The molecule has 1 heterocycles. The van der Waals surface area contributed by atoms with E-state index in [4.69, 9.17) is 5.73 Å². The lowest BCUT2D eigenvalue weighted by Gasteiger charge is -2.25. The molecule has 1 aromatic carbocycles. The van der Waals surface area contributed by atoms with E-state index in [1.807, 2.05) is 0 Å². The Bertz CT molecular complexity index is 315. The van der Waals surface area contributed by atoms with Crippen LogP contribution in [-0.2, 0) is 6.42 Å². The van der Waals surface area contributed by atoms with Gasteiger partial charge in [0.25, 0.3) is 0 Å². The lowest BCUT2D eigenvalue weighted by molar-refractivity contribution is 0.240. The summed E-state index contributed by atoms with van der Waals surface area (Å²) in [6.45, 7) is 4.51. The van der Waals surface area contributed by atoms with Gasteiger partial charge in [-0.1, -0.05) is 43.2 Å². The number of hydrogen-bond donors (Lipinski definition) is 1. The zero-order valence-corrected chi connectivity index (χ0v) is 11.4. The number of nitrogens with two attached hydrogens (primary N) is 1. The van der Waals surface area contributed by atoms with Crippen molar-refractivity contribution < 1.29 is 0 Å². The van der Waals surface area contributed by atoms with Gasteiger partial charge in [-0.2, -0.15) is 0 Å². The van der Waals surface area contributed by atoms with E-state index in [2.05, 4.69) is 35.2 Å².